The number of carbonyl (C=O) groups is 1. The van der Waals surface area contributed by atoms with Crippen LogP contribution in [0.5, 0.6) is 0 Å². The van der Waals surface area contributed by atoms with Gasteiger partial charge in [-0.1, -0.05) is 11.6 Å². The normalized spacial score (nSPS) is 15.6. The predicted octanol–water partition coefficient (Wildman–Crippen LogP) is 2.07. The van der Waals surface area contributed by atoms with Crippen molar-refractivity contribution in [2.24, 2.45) is 0 Å². The number of anilines is 1. The molecule has 1 saturated heterocycles. The van der Waals surface area contributed by atoms with Crippen molar-refractivity contribution in [2.45, 2.75) is 6.18 Å². The van der Waals surface area contributed by atoms with E-state index in [1.54, 1.807) is 16.9 Å². The van der Waals surface area contributed by atoms with Crippen LogP contribution < -0.4 is 4.90 Å². The molecule has 1 aromatic rings. The van der Waals surface area contributed by atoms with E-state index in [4.69, 9.17) is 21.1 Å². The minimum absolute atomic E-state index is 0.0252. The van der Waals surface area contributed by atoms with Gasteiger partial charge >= 0.3 is 6.18 Å². The second-order valence-corrected chi connectivity index (χ2v) is 5.85. The van der Waals surface area contributed by atoms with Crippen molar-refractivity contribution in [1.29, 1.82) is 0 Å². The summed E-state index contributed by atoms with van der Waals surface area (Å²) < 4.78 is 48.0. The molecule has 6 nitrogen and oxygen atoms in total. The van der Waals surface area contributed by atoms with Crippen molar-refractivity contribution in [3.8, 4) is 0 Å². The molecule has 0 saturated carbocycles. The van der Waals surface area contributed by atoms with Crippen LogP contribution >= 0.6 is 11.6 Å². The van der Waals surface area contributed by atoms with E-state index in [-0.39, 0.29) is 23.4 Å². The van der Waals surface area contributed by atoms with E-state index in [2.05, 4.69) is 4.98 Å². The summed E-state index contributed by atoms with van der Waals surface area (Å²) in [5.41, 5.74) is -0.886. The fourth-order valence-corrected chi connectivity index (χ4v) is 2.66. The van der Waals surface area contributed by atoms with Gasteiger partial charge in [0.15, 0.2) is 0 Å². The van der Waals surface area contributed by atoms with Crippen LogP contribution in [0.1, 0.15) is 5.56 Å². The zero-order valence-electron chi connectivity index (χ0n) is 13.7. The number of ether oxygens (including phenoxy) is 2. The zero-order chi connectivity index (χ0) is 18.4. The largest absolute Gasteiger partial charge is 0.417 e. The summed E-state index contributed by atoms with van der Waals surface area (Å²) in [4.78, 5) is 19.2. The van der Waals surface area contributed by atoms with Crippen LogP contribution in [0.25, 0.3) is 0 Å². The molecule has 0 N–H and O–H groups in total. The number of methoxy groups -OCH3 is 1. The maximum Gasteiger partial charge on any atom is 0.417 e. The van der Waals surface area contributed by atoms with E-state index in [1.807, 2.05) is 0 Å². The number of piperazine rings is 1. The van der Waals surface area contributed by atoms with Gasteiger partial charge in [-0.15, -0.1) is 0 Å². The Hall–Kier alpha value is -1.58. The van der Waals surface area contributed by atoms with Gasteiger partial charge in [0.2, 0.25) is 5.91 Å². The molecule has 0 spiro atoms. The second kappa shape index (κ2) is 8.68. The van der Waals surface area contributed by atoms with Crippen LogP contribution in [0.3, 0.4) is 0 Å². The number of pyridine rings is 1. The van der Waals surface area contributed by atoms with Crippen molar-refractivity contribution in [3.05, 3.63) is 22.8 Å². The number of amides is 1. The number of aromatic nitrogens is 1. The summed E-state index contributed by atoms with van der Waals surface area (Å²) in [6.07, 6.45) is -3.72. The van der Waals surface area contributed by atoms with Crippen molar-refractivity contribution >= 4 is 23.3 Å². The maximum atomic E-state index is 12.7. The predicted molar refractivity (Wildman–Crippen MR) is 85.7 cm³/mol. The number of hydrogen-bond acceptors (Lipinski definition) is 5. The first-order valence-electron chi connectivity index (χ1n) is 7.65. The molecule has 0 radical (unpaired) electrons. The fourth-order valence-electron chi connectivity index (χ4n) is 2.38. The second-order valence-electron chi connectivity index (χ2n) is 5.44. The molecule has 10 heteroatoms. The average molecular weight is 382 g/mol. The van der Waals surface area contributed by atoms with Crippen molar-refractivity contribution in [2.75, 3.05) is 58.0 Å². The van der Waals surface area contributed by atoms with Gasteiger partial charge in [-0.25, -0.2) is 4.98 Å². The summed E-state index contributed by atoms with van der Waals surface area (Å²) in [7, 11) is 1.55. The van der Waals surface area contributed by atoms with Gasteiger partial charge in [-0.05, 0) is 6.07 Å². The van der Waals surface area contributed by atoms with Gasteiger partial charge in [0.05, 0.1) is 23.8 Å². The van der Waals surface area contributed by atoms with Gasteiger partial charge in [0, 0.05) is 39.5 Å². The van der Waals surface area contributed by atoms with Gasteiger partial charge < -0.3 is 19.3 Å². The van der Waals surface area contributed by atoms with Crippen LogP contribution in [0.15, 0.2) is 12.3 Å². The molecule has 1 aliphatic heterocycles. The van der Waals surface area contributed by atoms with Gasteiger partial charge in [-0.2, -0.15) is 13.2 Å². The lowest BCUT2D eigenvalue weighted by Crippen LogP contribution is -2.50. The Morgan fingerprint density at radius 2 is 1.96 bits per heavy atom. The van der Waals surface area contributed by atoms with Crippen LogP contribution in [-0.4, -0.2) is 68.9 Å². The smallest absolute Gasteiger partial charge is 0.382 e. The molecule has 0 bridgehead atoms. The van der Waals surface area contributed by atoms with E-state index in [1.165, 1.54) is 0 Å². The molecule has 0 aromatic carbocycles. The Labute approximate surface area is 148 Å². The Morgan fingerprint density at radius 1 is 1.28 bits per heavy atom. The number of hydrogen-bond donors (Lipinski definition) is 0. The van der Waals surface area contributed by atoms with Crippen LogP contribution in [0.2, 0.25) is 5.02 Å². The number of halogens is 4. The van der Waals surface area contributed by atoms with Gasteiger partial charge in [-0.3, -0.25) is 4.79 Å². The highest BCUT2D eigenvalue weighted by atomic mass is 35.5. The Morgan fingerprint density at radius 3 is 2.52 bits per heavy atom. The zero-order valence-corrected chi connectivity index (χ0v) is 14.4. The molecule has 25 heavy (non-hydrogen) atoms. The molecular weight excluding hydrogens is 363 g/mol. The third kappa shape index (κ3) is 5.45. The van der Waals surface area contributed by atoms with E-state index < -0.39 is 11.7 Å². The maximum absolute atomic E-state index is 12.7. The highest BCUT2D eigenvalue weighted by molar-refractivity contribution is 6.33. The fraction of sp³-hybridized carbons (Fsp3) is 0.600. The number of carbonyl (C=O) groups excluding carboxylic acids is 1. The summed E-state index contributed by atoms with van der Waals surface area (Å²) in [6, 6.07) is 0.866. The van der Waals surface area contributed by atoms with Crippen LogP contribution in [-0.2, 0) is 20.4 Å². The SMILES string of the molecule is COCCOCC(=O)N1CCN(c2ncc(C(F)(F)F)cc2Cl)CC1. The summed E-state index contributed by atoms with van der Waals surface area (Å²) in [5, 5.41) is -0.0579. The molecule has 2 rings (SSSR count). The van der Waals surface area contributed by atoms with E-state index in [0.717, 1.165) is 12.3 Å². The minimum Gasteiger partial charge on any atom is -0.382 e. The molecule has 0 aliphatic carbocycles. The number of nitrogens with zero attached hydrogens (tertiary/aromatic N) is 3. The standard InChI is InChI=1S/C15H19ClF3N3O3/c1-24-6-7-25-10-13(23)21-2-4-22(5-3-21)14-12(16)8-11(9-20-14)15(17,18)19/h8-9H,2-7,10H2,1H3. The third-order valence-electron chi connectivity index (χ3n) is 3.74. The summed E-state index contributed by atoms with van der Waals surface area (Å²) >= 11 is 5.95. The highest BCUT2D eigenvalue weighted by Gasteiger charge is 2.32. The Balaban J connectivity index is 1.88. The van der Waals surface area contributed by atoms with Crippen molar-refractivity contribution in [1.82, 2.24) is 9.88 Å². The number of alkyl halides is 3. The molecular formula is C15H19ClF3N3O3. The summed E-state index contributed by atoms with van der Waals surface area (Å²) in [5.74, 6) is 0.153. The minimum atomic E-state index is -4.48. The Bertz CT molecular complexity index is 593. The molecule has 1 amide bonds. The topological polar surface area (TPSA) is 54.9 Å². The first kappa shape index (κ1) is 19.7. The highest BCUT2D eigenvalue weighted by Crippen LogP contribution is 2.33. The molecule has 1 aromatic heterocycles. The molecule has 1 aliphatic rings. The summed E-state index contributed by atoms with van der Waals surface area (Å²) in [6.45, 7) is 2.44. The lowest BCUT2D eigenvalue weighted by atomic mass is 10.2. The van der Waals surface area contributed by atoms with E-state index in [9.17, 15) is 18.0 Å². The molecule has 0 unspecified atom stereocenters. The van der Waals surface area contributed by atoms with Gasteiger partial charge in [0.1, 0.15) is 12.4 Å². The van der Waals surface area contributed by atoms with E-state index in [0.29, 0.717) is 39.4 Å². The quantitative estimate of drug-likeness (QED) is 0.706. The average Bonchev–Trinajstić information content (AvgIpc) is 2.58. The van der Waals surface area contributed by atoms with Crippen molar-refractivity contribution in [3.63, 3.8) is 0 Å². The first-order chi connectivity index (χ1) is 11.8. The van der Waals surface area contributed by atoms with Crippen LogP contribution in [0, 0.1) is 0 Å². The molecule has 1 fully saturated rings. The lowest BCUT2D eigenvalue weighted by Gasteiger charge is -2.35. The Kier molecular flexibility index (Phi) is 6.86. The van der Waals surface area contributed by atoms with Gasteiger partial charge in [0.25, 0.3) is 0 Å². The lowest BCUT2D eigenvalue weighted by molar-refractivity contribution is -0.138. The first-order valence-corrected chi connectivity index (χ1v) is 8.03. The van der Waals surface area contributed by atoms with E-state index >= 15 is 0 Å². The van der Waals surface area contributed by atoms with Crippen LogP contribution in [0.4, 0.5) is 19.0 Å². The molecule has 0 atom stereocenters. The third-order valence-corrected chi connectivity index (χ3v) is 4.02. The number of rotatable bonds is 6. The van der Waals surface area contributed by atoms with Crippen molar-refractivity contribution < 1.29 is 27.4 Å². The monoisotopic (exact) mass is 381 g/mol. The molecule has 140 valence electrons. The molecule has 2 heterocycles.